The van der Waals surface area contributed by atoms with Crippen molar-refractivity contribution in [2.24, 2.45) is 0 Å². The largest absolute Gasteiger partial charge is 0.301 e. The van der Waals surface area contributed by atoms with Crippen molar-refractivity contribution in [2.45, 2.75) is 0 Å². The molecule has 0 saturated heterocycles. The molecule has 1 atom stereocenters. The van der Waals surface area contributed by atoms with Gasteiger partial charge in [-0.2, -0.15) is 0 Å². The third-order valence-corrected chi connectivity index (χ3v) is 15.1. The fourth-order valence-corrected chi connectivity index (χ4v) is 12.2. The standard InChI is InChI=1S/C56H38N5OP/c62-63(46-23-11-4-12-24-46)60(44-19-7-2-8-20-44)53-36-34-43(38-54(53)61(63)45-21-9-3-10-22-45)42-33-35-52-49(37-42)47-25-14-16-28-51(47)59(52)56-57-50-27-15-13-26-48(50)55(58-56)41-31-29-40(30-32-41)39-17-5-1-6-18-39/h1-38H. The van der Waals surface area contributed by atoms with Gasteiger partial charge < -0.3 is 0 Å². The zero-order valence-corrected chi connectivity index (χ0v) is 34.9. The Hall–Kier alpha value is -8.05. The summed E-state index contributed by atoms with van der Waals surface area (Å²) in [5.41, 5.74) is 12.7. The molecule has 12 rings (SSSR count). The number of rotatable bonds is 7. The molecule has 3 heterocycles. The third-order valence-electron chi connectivity index (χ3n) is 12.1. The van der Waals surface area contributed by atoms with E-state index in [0.717, 1.165) is 88.7 Å². The van der Waals surface area contributed by atoms with Gasteiger partial charge in [0, 0.05) is 33.1 Å². The van der Waals surface area contributed by atoms with Crippen molar-refractivity contribution in [3.05, 3.63) is 231 Å². The minimum Gasteiger partial charge on any atom is -0.278 e. The van der Waals surface area contributed by atoms with Crippen LogP contribution in [0.3, 0.4) is 0 Å². The quantitative estimate of drug-likeness (QED) is 0.150. The van der Waals surface area contributed by atoms with Gasteiger partial charge in [0.2, 0.25) is 5.95 Å². The van der Waals surface area contributed by atoms with E-state index in [1.807, 2.05) is 114 Å². The second-order valence-corrected chi connectivity index (χ2v) is 18.2. The van der Waals surface area contributed by atoms with Crippen LogP contribution in [0.25, 0.3) is 72.2 Å². The number of hydrogen-bond acceptors (Lipinski definition) is 3. The summed E-state index contributed by atoms with van der Waals surface area (Å²) in [5, 5.41) is 3.96. The van der Waals surface area contributed by atoms with Crippen molar-refractivity contribution >= 4 is 68.2 Å². The van der Waals surface area contributed by atoms with Gasteiger partial charge in [0.1, 0.15) is 0 Å². The number of hydrogen-bond donors (Lipinski definition) is 0. The van der Waals surface area contributed by atoms with Crippen LogP contribution in [-0.2, 0) is 4.57 Å². The molecular weight excluding hydrogens is 790 g/mol. The van der Waals surface area contributed by atoms with Crippen LogP contribution in [0.5, 0.6) is 0 Å². The first kappa shape index (κ1) is 36.8. The Morgan fingerprint density at radius 2 is 0.873 bits per heavy atom. The van der Waals surface area contributed by atoms with E-state index < -0.39 is 7.44 Å². The molecule has 0 bridgehead atoms. The number of para-hydroxylation sites is 4. The molecule has 11 aromatic rings. The van der Waals surface area contributed by atoms with Gasteiger partial charge in [-0.3, -0.25) is 18.5 Å². The molecule has 298 valence electrons. The number of benzene rings is 9. The first-order valence-corrected chi connectivity index (χ1v) is 22.7. The van der Waals surface area contributed by atoms with Crippen LogP contribution < -0.4 is 14.6 Å². The summed E-state index contributed by atoms with van der Waals surface area (Å²) >= 11 is 0. The highest BCUT2D eigenvalue weighted by atomic mass is 31.2. The Balaban J connectivity index is 1.02. The molecule has 0 saturated carbocycles. The van der Waals surface area contributed by atoms with Crippen LogP contribution in [0, 0.1) is 0 Å². The summed E-state index contributed by atoms with van der Waals surface area (Å²) in [6, 6.07) is 79.0. The van der Waals surface area contributed by atoms with Gasteiger partial charge in [-0.05, 0) is 95.1 Å². The second kappa shape index (κ2) is 14.8. The van der Waals surface area contributed by atoms with Crippen LogP contribution in [0.2, 0.25) is 0 Å². The summed E-state index contributed by atoms with van der Waals surface area (Å²) in [6.45, 7) is 0. The van der Waals surface area contributed by atoms with Gasteiger partial charge in [0.15, 0.2) is 0 Å². The first-order chi connectivity index (χ1) is 31.1. The van der Waals surface area contributed by atoms with E-state index in [4.69, 9.17) is 9.97 Å². The zero-order chi connectivity index (χ0) is 41.9. The molecule has 1 aliphatic rings. The van der Waals surface area contributed by atoms with Gasteiger partial charge in [-0.15, -0.1) is 0 Å². The molecule has 0 fully saturated rings. The lowest BCUT2D eigenvalue weighted by Crippen LogP contribution is -2.26. The first-order valence-electron chi connectivity index (χ1n) is 21.1. The Kier molecular flexibility index (Phi) is 8.66. The van der Waals surface area contributed by atoms with Gasteiger partial charge in [-0.25, -0.2) is 9.97 Å². The summed E-state index contributed by atoms with van der Waals surface area (Å²) in [4.78, 5) is 10.6. The smallest absolute Gasteiger partial charge is 0.278 e. The van der Waals surface area contributed by atoms with Crippen LogP contribution in [-0.4, -0.2) is 14.5 Å². The SMILES string of the molecule is O=P1(c2ccccc2)N(c2ccccc2)c2ccc(-c3ccc4c(c3)c3ccccc3n4-c3nc(-c4ccc(-c5ccccc5)cc4)c4ccccc4n3)cc2N1c1ccccc1. The number of fused-ring (bicyclic) bond motifs is 5. The Bertz CT molecular complexity index is 3540. The number of aromatic nitrogens is 3. The van der Waals surface area contributed by atoms with Crippen LogP contribution in [0.4, 0.5) is 22.7 Å². The van der Waals surface area contributed by atoms with Crippen LogP contribution in [0.1, 0.15) is 0 Å². The molecular formula is C56H38N5OP. The predicted molar refractivity (Wildman–Crippen MR) is 261 cm³/mol. The van der Waals surface area contributed by atoms with Crippen molar-refractivity contribution in [3.63, 3.8) is 0 Å². The number of nitrogens with zero attached hydrogens (tertiary/aromatic N) is 5. The van der Waals surface area contributed by atoms with Gasteiger partial charge in [0.05, 0.1) is 38.9 Å². The van der Waals surface area contributed by atoms with Crippen LogP contribution in [0.15, 0.2) is 231 Å². The summed E-state index contributed by atoms with van der Waals surface area (Å²) in [6.07, 6.45) is 0. The molecule has 2 aromatic heterocycles. The minimum atomic E-state index is -3.49. The van der Waals surface area contributed by atoms with Crippen molar-refractivity contribution in [1.82, 2.24) is 14.5 Å². The molecule has 0 N–H and O–H groups in total. The van der Waals surface area contributed by atoms with E-state index in [1.54, 1.807) is 0 Å². The molecule has 9 aromatic carbocycles. The van der Waals surface area contributed by atoms with E-state index >= 15 is 4.57 Å². The Morgan fingerprint density at radius 3 is 1.59 bits per heavy atom. The molecule has 6 nitrogen and oxygen atoms in total. The molecule has 1 unspecified atom stereocenters. The van der Waals surface area contributed by atoms with E-state index in [0.29, 0.717) is 5.95 Å². The molecule has 0 amide bonds. The molecule has 0 aliphatic carbocycles. The molecule has 63 heavy (non-hydrogen) atoms. The maximum Gasteiger partial charge on any atom is 0.301 e. The Labute approximate surface area is 365 Å². The van der Waals surface area contributed by atoms with Crippen molar-refractivity contribution in [2.75, 3.05) is 9.34 Å². The summed E-state index contributed by atoms with van der Waals surface area (Å²) in [7, 11) is -3.49. The lowest BCUT2D eigenvalue weighted by Gasteiger charge is -2.33. The fourth-order valence-electron chi connectivity index (χ4n) is 9.22. The highest BCUT2D eigenvalue weighted by Gasteiger charge is 2.49. The molecule has 0 spiro atoms. The monoisotopic (exact) mass is 827 g/mol. The van der Waals surface area contributed by atoms with Gasteiger partial charge in [0.25, 0.3) is 0 Å². The van der Waals surface area contributed by atoms with Crippen LogP contribution >= 0.6 is 7.44 Å². The van der Waals surface area contributed by atoms with Gasteiger partial charge >= 0.3 is 7.44 Å². The molecule has 0 radical (unpaired) electrons. The molecule has 7 heteroatoms. The lowest BCUT2D eigenvalue weighted by molar-refractivity contribution is 0.582. The Morgan fingerprint density at radius 1 is 0.365 bits per heavy atom. The summed E-state index contributed by atoms with van der Waals surface area (Å²) in [5.74, 6) is 0.614. The van der Waals surface area contributed by atoms with Crippen molar-refractivity contribution in [3.8, 4) is 39.5 Å². The molecule has 1 aliphatic heterocycles. The van der Waals surface area contributed by atoms with Crippen molar-refractivity contribution in [1.29, 1.82) is 0 Å². The third kappa shape index (κ3) is 5.99. The maximum absolute atomic E-state index is 16.1. The van der Waals surface area contributed by atoms with E-state index in [2.05, 4.69) is 131 Å². The maximum atomic E-state index is 16.1. The average molecular weight is 828 g/mol. The van der Waals surface area contributed by atoms with Crippen molar-refractivity contribution < 1.29 is 4.57 Å². The topological polar surface area (TPSA) is 54.3 Å². The lowest BCUT2D eigenvalue weighted by atomic mass is 10.0. The highest BCUT2D eigenvalue weighted by Crippen LogP contribution is 2.70. The minimum absolute atomic E-state index is 0.614. The average Bonchev–Trinajstić information content (AvgIpc) is 3.83. The normalized spacial score (nSPS) is 14.7. The van der Waals surface area contributed by atoms with E-state index in [-0.39, 0.29) is 0 Å². The van der Waals surface area contributed by atoms with E-state index in [9.17, 15) is 0 Å². The predicted octanol–water partition coefficient (Wildman–Crippen LogP) is 14.5. The fraction of sp³-hybridized carbons (Fsp3) is 0. The summed E-state index contributed by atoms with van der Waals surface area (Å²) < 4.78 is 22.4. The highest BCUT2D eigenvalue weighted by molar-refractivity contribution is 7.76. The number of anilines is 4. The second-order valence-electron chi connectivity index (χ2n) is 15.8. The zero-order valence-electron chi connectivity index (χ0n) is 34.0. The van der Waals surface area contributed by atoms with Gasteiger partial charge in [-0.1, -0.05) is 158 Å². The van der Waals surface area contributed by atoms with E-state index in [1.165, 1.54) is 5.56 Å².